The van der Waals surface area contributed by atoms with Crippen molar-refractivity contribution >= 4 is 5.78 Å². The molecule has 1 heteroatoms. The fourth-order valence-corrected chi connectivity index (χ4v) is 5.23. The van der Waals surface area contributed by atoms with Gasteiger partial charge in [-0.1, -0.05) is 26.2 Å². The van der Waals surface area contributed by atoms with Gasteiger partial charge in [0.2, 0.25) is 0 Å². The Morgan fingerprint density at radius 1 is 1.00 bits per heavy atom. The fourth-order valence-electron chi connectivity index (χ4n) is 5.23. The summed E-state index contributed by atoms with van der Waals surface area (Å²) in [7, 11) is 0. The largest absolute Gasteiger partial charge is 0.299 e. The van der Waals surface area contributed by atoms with Crippen LogP contribution >= 0.6 is 0 Å². The van der Waals surface area contributed by atoms with E-state index >= 15 is 0 Å². The van der Waals surface area contributed by atoms with E-state index in [1.54, 1.807) is 0 Å². The zero-order chi connectivity index (χ0) is 13.2. The van der Waals surface area contributed by atoms with Gasteiger partial charge in [-0.2, -0.15) is 0 Å². The van der Waals surface area contributed by atoms with Crippen molar-refractivity contribution in [3.05, 3.63) is 0 Å². The molecular formula is C18H30O. The van der Waals surface area contributed by atoms with Crippen molar-refractivity contribution in [2.24, 2.45) is 29.6 Å². The third kappa shape index (κ3) is 3.06. The van der Waals surface area contributed by atoms with Gasteiger partial charge in [-0.15, -0.1) is 0 Å². The van der Waals surface area contributed by atoms with Crippen molar-refractivity contribution in [2.75, 3.05) is 0 Å². The lowest BCUT2D eigenvalue weighted by Crippen LogP contribution is -2.25. The van der Waals surface area contributed by atoms with Crippen LogP contribution in [0.25, 0.3) is 0 Å². The number of carbonyl (C=O) groups excluding carboxylic acids is 1. The van der Waals surface area contributed by atoms with Crippen molar-refractivity contribution in [3.8, 4) is 0 Å². The zero-order valence-electron chi connectivity index (χ0n) is 12.6. The number of fused-ring (bicyclic) bond motifs is 2. The van der Waals surface area contributed by atoms with Crippen LogP contribution < -0.4 is 0 Å². The maximum absolute atomic E-state index is 12.5. The monoisotopic (exact) mass is 262 g/mol. The molecule has 0 saturated heterocycles. The minimum absolute atomic E-state index is 0.437. The average molecular weight is 262 g/mol. The van der Waals surface area contributed by atoms with E-state index in [-0.39, 0.29) is 0 Å². The molecule has 3 fully saturated rings. The molecule has 0 N–H and O–H groups in total. The van der Waals surface area contributed by atoms with Gasteiger partial charge in [0.1, 0.15) is 5.78 Å². The standard InChI is InChI=1S/C18H30O/c1-2-3-13-4-7-15(8-5-13)18(19)12-17-11-14-6-9-16(17)10-14/h13-17H,2-12H2,1H3. The van der Waals surface area contributed by atoms with Gasteiger partial charge in [0.25, 0.3) is 0 Å². The summed E-state index contributed by atoms with van der Waals surface area (Å²) in [5, 5.41) is 0. The summed E-state index contributed by atoms with van der Waals surface area (Å²) < 4.78 is 0. The molecule has 3 aliphatic rings. The lowest BCUT2D eigenvalue weighted by molar-refractivity contribution is -0.125. The Morgan fingerprint density at radius 3 is 2.37 bits per heavy atom. The lowest BCUT2D eigenvalue weighted by Gasteiger charge is -2.29. The van der Waals surface area contributed by atoms with Crippen molar-refractivity contribution in [3.63, 3.8) is 0 Å². The summed E-state index contributed by atoms with van der Waals surface area (Å²) in [6.07, 6.45) is 14.4. The molecule has 0 aromatic heterocycles. The maximum Gasteiger partial charge on any atom is 0.136 e. The minimum Gasteiger partial charge on any atom is -0.299 e. The third-order valence-corrected chi connectivity index (χ3v) is 6.35. The van der Waals surface area contributed by atoms with Crippen molar-refractivity contribution in [1.82, 2.24) is 0 Å². The highest BCUT2D eigenvalue weighted by molar-refractivity contribution is 5.81. The van der Waals surface area contributed by atoms with E-state index in [0.717, 1.165) is 30.1 Å². The third-order valence-electron chi connectivity index (χ3n) is 6.35. The molecule has 2 bridgehead atoms. The van der Waals surface area contributed by atoms with E-state index in [1.165, 1.54) is 64.2 Å². The molecule has 0 spiro atoms. The summed E-state index contributed by atoms with van der Waals surface area (Å²) in [6.45, 7) is 2.28. The Morgan fingerprint density at radius 2 is 1.79 bits per heavy atom. The molecule has 3 aliphatic carbocycles. The highest BCUT2D eigenvalue weighted by Gasteiger charge is 2.41. The highest BCUT2D eigenvalue weighted by Crippen LogP contribution is 2.50. The van der Waals surface area contributed by atoms with Gasteiger partial charge in [-0.25, -0.2) is 0 Å². The van der Waals surface area contributed by atoms with Crippen molar-refractivity contribution in [1.29, 1.82) is 0 Å². The molecule has 3 rings (SSSR count). The van der Waals surface area contributed by atoms with E-state index in [0.29, 0.717) is 11.7 Å². The molecule has 3 saturated carbocycles. The quantitative estimate of drug-likeness (QED) is 0.682. The first-order valence-electron chi connectivity index (χ1n) is 8.79. The summed E-state index contributed by atoms with van der Waals surface area (Å²) in [4.78, 5) is 12.5. The molecule has 3 atom stereocenters. The predicted molar refractivity (Wildman–Crippen MR) is 78.9 cm³/mol. The second kappa shape index (κ2) is 5.97. The fraction of sp³-hybridized carbons (Fsp3) is 0.944. The van der Waals surface area contributed by atoms with E-state index in [1.807, 2.05) is 0 Å². The van der Waals surface area contributed by atoms with Gasteiger partial charge in [0, 0.05) is 12.3 Å². The highest BCUT2D eigenvalue weighted by atomic mass is 16.1. The minimum atomic E-state index is 0.437. The Bertz CT molecular complexity index is 314. The van der Waals surface area contributed by atoms with Crippen LogP contribution in [0, 0.1) is 29.6 Å². The molecule has 3 unspecified atom stereocenters. The van der Waals surface area contributed by atoms with Gasteiger partial charge in [0.15, 0.2) is 0 Å². The summed E-state index contributed by atoms with van der Waals surface area (Å²) in [6, 6.07) is 0. The first kappa shape index (κ1) is 13.6. The Labute approximate surface area is 118 Å². The Balaban J connectivity index is 1.44. The van der Waals surface area contributed by atoms with Crippen LogP contribution in [0.15, 0.2) is 0 Å². The molecule has 0 aliphatic heterocycles. The number of ketones is 1. The topological polar surface area (TPSA) is 17.1 Å². The molecule has 0 aromatic rings. The van der Waals surface area contributed by atoms with Crippen LogP contribution in [0.5, 0.6) is 0 Å². The van der Waals surface area contributed by atoms with Crippen LogP contribution in [-0.4, -0.2) is 5.78 Å². The van der Waals surface area contributed by atoms with Crippen LogP contribution in [0.1, 0.15) is 77.6 Å². The van der Waals surface area contributed by atoms with Crippen LogP contribution in [0.4, 0.5) is 0 Å². The normalized spacial score (nSPS) is 41.6. The van der Waals surface area contributed by atoms with Gasteiger partial charge >= 0.3 is 0 Å². The van der Waals surface area contributed by atoms with E-state index < -0.39 is 0 Å². The number of carbonyl (C=O) groups is 1. The number of hydrogen-bond donors (Lipinski definition) is 0. The van der Waals surface area contributed by atoms with E-state index in [2.05, 4.69) is 6.92 Å². The first-order valence-corrected chi connectivity index (χ1v) is 8.79. The Hall–Kier alpha value is -0.330. The van der Waals surface area contributed by atoms with Crippen LogP contribution in [0.2, 0.25) is 0 Å². The second-order valence-electron chi connectivity index (χ2n) is 7.61. The summed E-state index contributed by atoms with van der Waals surface area (Å²) >= 11 is 0. The van der Waals surface area contributed by atoms with Gasteiger partial charge in [-0.3, -0.25) is 4.79 Å². The molecule has 19 heavy (non-hydrogen) atoms. The van der Waals surface area contributed by atoms with Crippen LogP contribution in [-0.2, 0) is 4.79 Å². The lowest BCUT2D eigenvalue weighted by atomic mass is 9.75. The molecular weight excluding hydrogens is 232 g/mol. The molecule has 0 aromatic carbocycles. The first-order chi connectivity index (χ1) is 9.26. The molecule has 108 valence electrons. The smallest absolute Gasteiger partial charge is 0.136 e. The van der Waals surface area contributed by atoms with Gasteiger partial charge < -0.3 is 0 Å². The van der Waals surface area contributed by atoms with E-state index in [4.69, 9.17) is 0 Å². The molecule has 1 nitrogen and oxygen atoms in total. The predicted octanol–water partition coefficient (Wildman–Crippen LogP) is 4.99. The van der Waals surface area contributed by atoms with Gasteiger partial charge in [-0.05, 0) is 68.6 Å². The van der Waals surface area contributed by atoms with Crippen molar-refractivity contribution in [2.45, 2.75) is 77.6 Å². The number of Topliss-reactive ketones (excluding diaryl/α,β-unsaturated/α-hetero) is 1. The van der Waals surface area contributed by atoms with Crippen molar-refractivity contribution < 1.29 is 4.79 Å². The zero-order valence-corrected chi connectivity index (χ0v) is 12.6. The molecule has 0 heterocycles. The summed E-state index contributed by atoms with van der Waals surface area (Å²) in [5.41, 5.74) is 0. The number of hydrogen-bond acceptors (Lipinski definition) is 1. The Kier molecular flexibility index (Phi) is 4.29. The van der Waals surface area contributed by atoms with E-state index in [9.17, 15) is 4.79 Å². The second-order valence-corrected chi connectivity index (χ2v) is 7.61. The molecule has 0 radical (unpaired) electrons. The van der Waals surface area contributed by atoms with Crippen LogP contribution in [0.3, 0.4) is 0 Å². The maximum atomic E-state index is 12.5. The summed E-state index contributed by atoms with van der Waals surface area (Å²) in [5.74, 6) is 4.68. The molecule has 0 amide bonds. The SMILES string of the molecule is CCCC1CCC(C(=O)CC2CC3CCC2C3)CC1. The average Bonchev–Trinajstić information content (AvgIpc) is 3.02. The number of rotatable bonds is 5. The van der Waals surface area contributed by atoms with Gasteiger partial charge in [0.05, 0.1) is 0 Å².